The molecular weight excluding hydrogens is 306 g/mol. The van der Waals surface area contributed by atoms with Gasteiger partial charge in [-0.3, -0.25) is 4.79 Å². The lowest BCUT2D eigenvalue weighted by molar-refractivity contribution is -0.135. The Kier molecular flexibility index (Phi) is 4.74. The van der Waals surface area contributed by atoms with Gasteiger partial charge in [0.1, 0.15) is 17.5 Å². The van der Waals surface area contributed by atoms with E-state index in [1.807, 2.05) is 40.8 Å². The first-order chi connectivity index (χ1) is 11.7. The van der Waals surface area contributed by atoms with E-state index in [0.717, 1.165) is 36.4 Å². The molecule has 0 radical (unpaired) electrons. The number of carbonyl (C=O) groups is 1. The molecule has 0 N–H and O–H groups in total. The number of benzene rings is 1. The Labute approximate surface area is 142 Å². The van der Waals surface area contributed by atoms with E-state index in [-0.39, 0.29) is 18.0 Å². The maximum atomic E-state index is 13.0. The van der Waals surface area contributed by atoms with E-state index >= 15 is 0 Å². The van der Waals surface area contributed by atoms with Gasteiger partial charge in [-0.15, -0.1) is 0 Å². The standard InChI is InChI=1S/C18H23N3O3/c1-13(20-10-8-19-12-20)18(22)21-9-4-5-16(21)15-7-6-14(23-2)11-17(15)24-3/h6-8,10-13,16H,4-5,9H2,1-3H3/t13-,16-/m1/s1. The zero-order valence-electron chi connectivity index (χ0n) is 14.3. The summed E-state index contributed by atoms with van der Waals surface area (Å²) in [5.74, 6) is 1.61. The molecule has 0 saturated carbocycles. The van der Waals surface area contributed by atoms with Gasteiger partial charge in [-0.05, 0) is 31.9 Å². The van der Waals surface area contributed by atoms with Gasteiger partial charge >= 0.3 is 0 Å². The van der Waals surface area contributed by atoms with Crippen LogP contribution in [-0.2, 0) is 4.79 Å². The molecule has 2 heterocycles. The summed E-state index contributed by atoms with van der Waals surface area (Å²) in [4.78, 5) is 18.9. The van der Waals surface area contributed by atoms with Crippen molar-refractivity contribution < 1.29 is 14.3 Å². The molecule has 24 heavy (non-hydrogen) atoms. The van der Waals surface area contributed by atoms with Crippen molar-refractivity contribution >= 4 is 5.91 Å². The third-order valence-electron chi connectivity index (χ3n) is 4.66. The molecule has 6 heteroatoms. The number of rotatable bonds is 5. The molecule has 6 nitrogen and oxygen atoms in total. The zero-order valence-corrected chi connectivity index (χ0v) is 14.3. The number of hydrogen-bond donors (Lipinski definition) is 0. The molecule has 2 aromatic rings. The van der Waals surface area contributed by atoms with Crippen LogP contribution in [0, 0.1) is 0 Å². The average Bonchev–Trinajstić information content (AvgIpc) is 3.31. The molecule has 0 spiro atoms. The van der Waals surface area contributed by atoms with Crippen LogP contribution in [0.4, 0.5) is 0 Å². The van der Waals surface area contributed by atoms with E-state index < -0.39 is 0 Å². The van der Waals surface area contributed by atoms with Crippen LogP contribution >= 0.6 is 0 Å². The van der Waals surface area contributed by atoms with Gasteiger partial charge in [0, 0.05) is 30.6 Å². The summed E-state index contributed by atoms with van der Waals surface area (Å²) in [5, 5.41) is 0. The molecule has 1 saturated heterocycles. The fourth-order valence-corrected chi connectivity index (χ4v) is 3.31. The highest BCUT2D eigenvalue weighted by Crippen LogP contribution is 2.39. The van der Waals surface area contributed by atoms with E-state index in [1.54, 1.807) is 26.7 Å². The second-order valence-electron chi connectivity index (χ2n) is 5.98. The second kappa shape index (κ2) is 6.95. The van der Waals surface area contributed by atoms with Crippen LogP contribution in [0.15, 0.2) is 36.9 Å². The predicted octanol–water partition coefficient (Wildman–Crippen LogP) is 2.83. The normalized spacial score (nSPS) is 18.5. The third-order valence-corrected chi connectivity index (χ3v) is 4.66. The predicted molar refractivity (Wildman–Crippen MR) is 90.2 cm³/mol. The Morgan fingerprint density at radius 3 is 2.83 bits per heavy atom. The highest BCUT2D eigenvalue weighted by Gasteiger charge is 2.34. The van der Waals surface area contributed by atoms with Crippen LogP contribution in [-0.4, -0.2) is 41.1 Å². The van der Waals surface area contributed by atoms with Crippen molar-refractivity contribution in [3.8, 4) is 11.5 Å². The lowest BCUT2D eigenvalue weighted by Gasteiger charge is -2.29. The maximum absolute atomic E-state index is 13.0. The second-order valence-corrected chi connectivity index (χ2v) is 5.98. The number of amides is 1. The van der Waals surface area contributed by atoms with E-state index in [2.05, 4.69) is 4.98 Å². The van der Waals surface area contributed by atoms with E-state index in [4.69, 9.17) is 9.47 Å². The summed E-state index contributed by atoms with van der Waals surface area (Å²) < 4.78 is 12.6. The van der Waals surface area contributed by atoms with Gasteiger partial charge in [0.2, 0.25) is 5.91 Å². The van der Waals surface area contributed by atoms with E-state index in [1.165, 1.54) is 0 Å². The van der Waals surface area contributed by atoms with Gasteiger partial charge in [-0.25, -0.2) is 4.98 Å². The summed E-state index contributed by atoms with van der Waals surface area (Å²) in [6.45, 7) is 2.67. The number of nitrogens with zero attached hydrogens (tertiary/aromatic N) is 3. The number of ether oxygens (including phenoxy) is 2. The van der Waals surface area contributed by atoms with Gasteiger partial charge in [-0.1, -0.05) is 0 Å². The van der Waals surface area contributed by atoms with Gasteiger partial charge in [0.05, 0.1) is 26.6 Å². The molecule has 2 atom stereocenters. The van der Waals surface area contributed by atoms with E-state index in [9.17, 15) is 4.79 Å². The minimum absolute atomic E-state index is 0.0318. The smallest absolute Gasteiger partial charge is 0.245 e. The highest BCUT2D eigenvalue weighted by molar-refractivity contribution is 5.81. The third kappa shape index (κ3) is 2.96. The Morgan fingerprint density at radius 2 is 2.17 bits per heavy atom. The molecule has 1 fully saturated rings. The number of aromatic nitrogens is 2. The van der Waals surface area contributed by atoms with Crippen LogP contribution in [0.3, 0.4) is 0 Å². The van der Waals surface area contributed by atoms with Gasteiger partial charge in [0.15, 0.2) is 0 Å². The Hall–Kier alpha value is -2.50. The molecule has 1 aliphatic heterocycles. The topological polar surface area (TPSA) is 56.6 Å². The maximum Gasteiger partial charge on any atom is 0.245 e. The Balaban J connectivity index is 1.87. The molecule has 0 aliphatic carbocycles. The van der Waals surface area contributed by atoms with Crippen LogP contribution in [0.2, 0.25) is 0 Å². The fraction of sp³-hybridized carbons (Fsp3) is 0.444. The Bertz CT molecular complexity index is 700. The molecule has 0 unspecified atom stereocenters. The van der Waals surface area contributed by atoms with Crippen molar-refractivity contribution in [1.82, 2.24) is 14.5 Å². The Morgan fingerprint density at radius 1 is 1.33 bits per heavy atom. The molecular formula is C18H23N3O3. The molecule has 1 aliphatic rings. The van der Waals surface area contributed by atoms with Crippen molar-refractivity contribution in [3.05, 3.63) is 42.5 Å². The summed E-state index contributed by atoms with van der Waals surface area (Å²) >= 11 is 0. The average molecular weight is 329 g/mol. The number of imidazole rings is 1. The number of methoxy groups -OCH3 is 2. The van der Waals surface area contributed by atoms with E-state index in [0.29, 0.717) is 0 Å². The first kappa shape index (κ1) is 16.4. The largest absolute Gasteiger partial charge is 0.497 e. The first-order valence-electron chi connectivity index (χ1n) is 8.15. The van der Waals surface area contributed by atoms with Crippen molar-refractivity contribution in [2.24, 2.45) is 0 Å². The van der Waals surface area contributed by atoms with Gasteiger partial charge < -0.3 is 18.9 Å². The van der Waals surface area contributed by atoms with Crippen LogP contribution in [0.1, 0.15) is 37.4 Å². The van der Waals surface area contributed by atoms with Crippen molar-refractivity contribution in [3.63, 3.8) is 0 Å². The minimum atomic E-state index is -0.266. The van der Waals surface area contributed by atoms with Gasteiger partial charge in [-0.2, -0.15) is 0 Å². The van der Waals surface area contributed by atoms with Crippen LogP contribution < -0.4 is 9.47 Å². The zero-order chi connectivity index (χ0) is 17.1. The van der Waals surface area contributed by atoms with Gasteiger partial charge in [0.25, 0.3) is 0 Å². The number of hydrogen-bond acceptors (Lipinski definition) is 4. The lowest BCUT2D eigenvalue weighted by Crippen LogP contribution is -2.35. The summed E-state index contributed by atoms with van der Waals surface area (Å²) in [6.07, 6.45) is 7.12. The summed E-state index contributed by atoms with van der Waals surface area (Å²) in [7, 11) is 3.28. The van der Waals surface area contributed by atoms with Crippen molar-refractivity contribution in [2.75, 3.05) is 20.8 Å². The van der Waals surface area contributed by atoms with Crippen LogP contribution in [0.5, 0.6) is 11.5 Å². The number of carbonyl (C=O) groups excluding carboxylic acids is 1. The molecule has 128 valence electrons. The molecule has 1 amide bonds. The quantitative estimate of drug-likeness (QED) is 0.846. The molecule has 0 bridgehead atoms. The summed E-state index contributed by atoms with van der Waals surface area (Å²) in [5.41, 5.74) is 1.03. The SMILES string of the molecule is COc1ccc([C@H]2CCCN2C(=O)[C@@H](C)n2ccnc2)c(OC)c1. The summed E-state index contributed by atoms with van der Waals surface area (Å²) in [6, 6.07) is 5.55. The lowest BCUT2D eigenvalue weighted by atomic mass is 10.0. The minimum Gasteiger partial charge on any atom is -0.497 e. The van der Waals surface area contributed by atoms with Crippen molar-refractivity contribution in [2.45, 2.75) is 31.8 Å². The molecule has 3 rings (SSSR count). The molecule has 1 aromatic heterocycles. The first-order valence-corrected chi connectivity index (χ1v) is 8.15. The number of likely N-dealkylation sites (tertiary alicyclic amines) is 1. The highest BCUT2D eigenvalue weighted by atomic mass is 16.5. The monoisotopic (exact) mass is 329 g/mol. The van der Waals surface area contributed by atoms with Crippen LogP contribution in [0.25, 0.3) is 0 Å². The van der Waals surface area contributed by atoms with Crippen molar-refractivity contribution in [1.29, 1.82) is 0 Å². The fourth-order valence-electron chi connectivity index (χ4n) is 3.31. The molecule has 1 aromatic carbocycles.